The highest BCUT2D eigenvalue weighted by Gasteiger charge is 2.51. The second kappa shape index (κ2) is 3.80. The molecule has 1 aromatic carbocycles. The zero-order chi connectivity index (χ0) is 12.6. The molecule has 0 unspecified atom stereocenters. The third-order valence-electron chi connectivity index (χ3n) is 2.64. The molecule has 4 nitrogen and oxygen atoms in total. The molecule has 1 amide bonds. The Morgan fingerprint density at radius 2 is 1.71 bits per heavy atom. The zero-order valence-electron chi connectivity index (χ0n) is 8.67. The molecule has 2 rings (SSSR count). The van der Waals surface area contributed by atoms with Crippen molar-refractivity contribution in [1.29, 1.82) is 0 Å². The minimum atomic E-state index is -1.26. The number of carbonyl (C=O) groups excluding carboxylic acids is 1. The fourth-order valence-electron chi connectivity index (χ4n) is 1.49. The fraction of sp³-hybridized carbons (Fsp3) is 0.273. The summed E-state index contributed by atoms with van der Waals surface area (Å²) in [5.41, 5.74) is -1.49. The molecule has 1 aliphatic rings. The lowest BCUT2D eigenvalue weighted by molar-refractivity contribution is -0.140. The highest BCUT2D eigenvalue weighted by atomic mass is 19.1. The first-order valence-electron chi connectivity index (χ1n) is 4.95. The van der Waals surface area contributed by atoms with Crippen LogP contribution in [0.2, 0.25) is 0 Å². The van der Waals surface area contributed by atoms with Crippen LogP contribution in [-0.4, -0.2) is 22.5 Å². The lowest BCUT2D eigenvalue weighted by atomic mass is 10.1. The monoisotopic (exact) mass is 241 g/mol. The zero-order valence-corrected chi connectivity index (χ0v) is 8.67. The van der Waals surface area contributed by atoms with Crippen molar-refractivity contribution in [3.63, 3.8) is 0 Å². The molecule has 0 radical (unpaired) electrons. The van der Waals surface area contributed by atoms with Crippen LogP contribution in [0.25, 0.3) is 0 Å². The molecule has 1 aromatic rings. The molecule has 0 aliphatic heterocycles. The summed E-state index contributed by atoms with van der Waals surface area (Å²) in [6.07, 6.45) is 0.651. The number of carbonyl (C=O) groups is 2. The van der Waals surface area contributed by atoms with Gasteiger partial charge in [0.1, 0.15) is 17.2 Å². The number of halogens is 2. The number of benzene rings is 1. The molecule has 90 valence electrons. The van der Waals surface area contributed by atoms with E-state index in [1.165, 1.54) is 0 Å². The minimum Gasteiger partial charge on any atom is -0.480 e. The van der Waals surface area contributed by atoms with E-state index in [4.69, 9.17) is 5.11 Å². The quantitative estimate of drug-likeness (QED) is 0.838. The number of hydrogen-bond acceptors (Lipinski definition) is 2. The Hall–Kier alpha value is -1.98. The lowest BCUT2D eigenvalue weighted by Gasteiger charge is -2.12. The van der Waals surface area contributed by atoms with Crippen LogP contribution in [0.5, 0.6) is 0 Å². The van der Waals surface area contributed by atoms with Gasteiger partial charge in [0, 0.05) is 11.6 Å². The third kappa shape index (κ3) is 2.25. The molecule has 0 atom stereocenters. The number of carboxylic acid groups (broad SMARTS) is 1. The molecule has 0 spiro atoms. The van der Waals surface area contributed by atoms with Gasteiger partial charge in [-0.05, 0) is 25.0 Å². The summed E-state index contributed by atoms with van der Waals surface area (Å²) in [5.74, 6) is -3.68. The minimum absolute atomic E-state index is 0.227. The average Bonchev–Trinajstić information content (AvgIpc) is 2.97. The predicted octanol–water partition coefficient (Wildman–Crippen LogP) is 1.31. The number of nitrogens with one attached hydrogen (secondary N) is 1. The van der Waals surface area contributed by atoms with E-state index < -0.39 is 29.0 Å². The Labute approximate surface area is 95.2 Å². The van der Waals surface area contributed by atoms with E-state index in [2.05, 4.69) is 5.32 Å². The van der Waals surface area contributed by atoms with Crippen LogP contribution in [-0.2, 0) is 4.79 Å². The van der Waals surface area contributed by atoms with Gasteiger partial charge in [-0.1, -0.05) is 0 Å². The molecule has 1 saturated carbocycles. The summed E-state index contributed by atoms with van der Waals surface area (Å²) in [4.78, 5) is 22.4. The van der Waals surface area contributed by atoms with Gasteiger partial charge in [-0.25, -0.2) is 13.6 Å². The van der Waals surface area contributed by atoms with Gasteiger partial charge in [-0.2, -0.15) is 0 Å². The molecule has 17 heavy (non-hydrogen) atoms. The van der Waals surface area contributed by atoms with E-state index in [1.807, 2.05) is 0 Å². The van der Waals surface area contributed by atoms with Crippen LogP contribution in [0.3, 0.4) is 0 Å². The largest absolute Gasteiger partial charge is 0.480 e. The average molecular weight is 241 g/mol. The molecule has 1 aliphatic carbocycles. The molecule has 0 bridgehead atoms. The van der Waals surface area contributed by atoms with E-state index >= 15 is 0 Å². The fourth-order valence-corrected chi connectivity index (χ4v) is 1.49. The van der Waals surface area contributed by atoms with Crippen molar-refractivity contribution in [2.75, 3.05) is 0 Å². The van der Waals surface area contributed by atoms with Gasteiger partial charge in [-0.15, -0.1) is 0 Å². The normalized spacial score (nSPS) is 16.4. The van der Waals surface area contributed by atoms with Crippen LogP contribution in [0, 0.1) is 11.6 Å². The van der Waals surface area contributed by atoms with Crippen molar-refractivity contribution in [1.82, 2.24) is 5.32 Å². The van der Waals surface area contributed by atoms with Gasteiger partial charge in [0.2, 0.25) is 0 Å². The molecular weight excluding hydrogens is 232 g/mol. The summed E-state index contributed by atoms with van der Waals surface area (Å²) < 4.78 is 25.7. The van der Waals surface area contributed by atoms with Crippen molar-refractivity contribution in [3.8, 4) is 0 Å². The molecule has 2 N–H and O–H groups in total. The highest BCUT2D eigenvalue weighted by molar-refractivity contribution is 5.98. The molecule has 0 aromatic heterocycles. The summed E-state index contributed by atoms with van der Waals surface area (Å²) >= 11 is 0. The van der Waals surface area contributed by atoms with Crippen molar-refractivity contribution in [2.24, 2.45) is 0 Å². The van der Waals surface area contributed by atoms with Crippen LogP contribution >= 0.6 is 0 Å². The molecule has 1 fully saturated rings. The SMILES string of the molecule is O=C(NC1(C(=O)O)CC1)c1cc(F)cc(F)c1. The first kappa shape index (κ1) is 11.5. The number of carboxylic acids is 1. The van der Waals surface area contributed by atoms with E-state index in [0.717, 1.165) is 12.1 Å². The molecule has 0 heterocycles. The van der Waals surface area contributed by atoms with Crippen LogP contribution in [0.15, 0.2) is 18.2 Å². The van der Waals surface area contributed by atoms with Crippen molar-refractivity contribution in [2.45, 2.75) is 18.4 Å². The van der Waals surface area contributed by atoms with Gasteiger partial charge in [0.25, 0.3) is 5.91 Å². The summed E-state index contributed by atoms with van der Waals surface area (Å²) in [5, 5.41) is 11.1. The highest BCUT2D eigenvalue weighted by Crippen LogP contribution is 2.35. The smallest absolute Gasteiger partial charge is 0.329 e. The lowest BCUT2D eigenvalue weighted by Crippen LogP contribution is -2.43. The maximum Gasteiger partial charge on any atom is 0.329 e. The van der Waals surface area contributed by atoms with Gasteiger partial charge >= 0.3 is 5.97 Å². The van der Waals surface area contributed by atoms with E-state index in [0.29, 0.717) is 18.9 Å². The summed E-state index contributed by atoms with van der Waals surface area (Å²) in [6, 6.07) is 2.35. The van der Waals surface area contributed by atoms with Gasteiger partial charge < -0.3 is 10.4 Å². The summed E-state index contributed by atoms with van der Waals surface area (Å²) in [7, 11) is 0. The number of rotatable bonds is 3. The maximum absolute atomic E-state index is 12.9. The molecule has 6 heteroatoms. The first-order valence-corrected chi connectivity index (χ1v) is 4.95. The number of amides is 1. The van der Waals surface area contributed by atoms with Crippen molar-refractivity contribution >= 4 is 11.9 Å². The molecular formula is C11H9F2NO3. The third-order valence-corrected chi connectivity index (χ3v) is 2.64. The Balaban J connectivity index is 2.18. The van der Waals surface area contributed by atoms with Crippen molar-refractivity contribution < 1.29 is 23.5 Å². The van der Waals surface area contributed by atoms with Crippen LogP contribution in [0.1, 0.15) is 23.2 Å². The summed E-state index contributed by atoms with van der Waals surface area (Å²) in [6.45, 7) is 0. The predicted molar refractivity (Wildman–Crippen MR) is 53.4 cm³/mol. The van der Waals surface area contributed by atoms with E-state index in [-0.39, 0.29) is 5.56 Å². The van der Waals surface area contributed by atoms with Gasteiger partial charge in [-0.3, -0.25) is 4.79 Å². The Bertz CT molecular complexity index is 477. The van der Waals surface area contributed by atoms with Crippen LogP contribution in [0.4, 0.5) is 8.78 Å². The topological polar surface area (TPSA) is 66.4 Å². The van der Waals surface area contributed by atoms with E-state index in [9.17, 15) is 18.4 Å². The van der Waals surface area contributed by atoms with Crippen LogP contribution < -0.4 is 5.32 Å². The second-order valence-corrected chi connectivity index (χ2v) is 4.00. The standard InChI is InChI=1S/C11H9F2NO3/c12-7-3-6(4-8(13)5-7)9(15)14-11(1-2-11)10(16)17/h3-5H,1-2H2,(H,14,15)(H,16,17). The van der Waals surface area contributed by atoms with Gasteiger partial charge in [0.05, 0.1) is 0 Å². The van der Waals surface area contributed by atoms with Crippen molar-refractivity contribution in [3.05, 3.63) is 35.4 Å². The first-order chi connectivity index (χ1) is 7.93. The van der Waals surface area contributed by atoms with Gasteiger partial charge in [0.15, 0.2) is 0 Å². The number of hydrogen-bond donors (Lipinski definition) is 2. The second-order valence-electron chi connectivity index (χ2n) is 4.00. The Morgan fingerprint density at radius 3 is 2.12 bits per heavy atom. The number of aliphatic carboxylic acids is 1. The maximum atomic E-state index is 12.9. The molecule has 0 saturated heterocycles. The Kier molecular flexibility index (Phi) is 2.57. The Morgan fingerprint density at radius 1 is 1.18 bits per heavy atom. The van der Waals surface area contributed by atoms with E-state index in [1.54, 1.807) is 0 Å².